The van der Waals surface area contributed by atoms with Gasteiger partial charge in [-0.05, 0) is 30.3 Å². The molecule has 0 saturated carbocycles. The van der Waals surface area contributed by atoms with Crippen LogP contribution in [0.3, 0.4) is 0 Å². The zero-order valence-electron chi connectivity index (χ0n) is 11.5. The lowest BCUT2D eigenvalue weighted by atomic mass is 10.3. The number of carbonyl (C=O) groups excluding carboxylic acids is 1. The third-order valence-electron chi connectivity index (χ3n) is 2.66. The lowest BCUT2D eigenvalue weighted by Gasteiger charge is -2.10. The van der Waals surface area contributed by atoms with E-state index in [4.69, 9.17) is 11.6 Å². The Hall–Kier alpha value is -2.25. The summed E-state index contributed by atoms with van der Waals surface area (Å²) >= 11 is 5.96. The average molecular weight is 341 g/mol. The van der Waals surface area contributed by atoms with E-state index in [1.165, 1.54) is 49.4 Å². The van der Waals surface area contributed by atoms with Gasteiger partial charge in [-0.15, -0.1) is 0 Å². The molecule has 0 saturated heterocycles. The molecule has 2 aromatic rings. The molecule has 0 aliphatic carbocycles. The van der Waals surface area contributed by atoms with Crippen LogP contribution in [0.1, 0.15) is 6.92 Å². The summed E-state index contributed by atoms with van der Waals surface area (Å²) in [7, 11) is -3.86. The molecule has 8 heteroatoms. The molecule has 0 unspecified atom stereocenters. The number of phenols is 1. The molecule has 0 heterocycles. The van der Waals surface area contributed by atoms with Gasteiger partial charge < -0.3 is 10.4 Å². The zero-order valence-corrected chi connectivity index (χ0v) is 13.1. The quantitative estimate of drug-likeness (QED) is 0.797. The summed E-state index contributed by atoms with van der Waals surface area (Å²) in [6.07, 6.45) is 0. The first-order chi connectivity index (χ1) is 10.3. The molecule has 0 spiro atoms. The number of benzene rings is 2. The van der Waals surface area contributed by atoms with Crippen molar-refractivity contribution < 1.29 is 18.3 Å². The topological polar surface area (TPSA) is 95.5 Å². The van der Waals surface area contributed by atoms with Gasteiger partial charge in [0.25, 0.3) is 10.0 Å². The summed E-state index contributed by atoms with van der Waals surface area (Å²) in [5.41, 5.74) is 0.549. The van der Waals surface area contributed by atoms with Gasteiger partial charge in [0.2, 0.25) is 5.91 Å². The van der Waals surface area contributed by atoms with Crippen LogP contribution in [0, 0.1) is 0 Å². The van der Waals surface area contributed by atoms with Crippen LogP contribution in [0.2, 0.25) is 5.02 Å². The van der Waals surface area contributed by atoms with Gasteiger partial charge >= 0.3 is 0 Å². The van der Waals surface area contributed by atoms with E-state index >= 15 is 0 Å². The van der Waals surface area contributed by atoms with Crippen LogP contribution in [0.15, 0.2) is 47.4 Å². The minimum atomic E-state index is -3.86. The summed E-state index contributed by atoms with van der Waals surface area (Å²) in [4.78, 5) is 10.9. The van der Waals surface area contributed by atoms with E-state index in [1.54, 1.807) is 0 Å². The van der Waals surface area contributed by atoms with E-state index in [0.29, 0.717) is 5.69 Å². The Bertz CT molecular complexity index is 821. The fraction of sp³-hybridized carbons (Fsp3) is 0.0714. The Morgan fingerprint density at radius 3 is 2.50 bits per heavy atom. The third kappa shape index (κ3) is 3.90. The number of sulfonamides is 1. The van der Waals surface area contributed by atoms with Crippen LogP contribution in [0.25, 0.3) is 0 Å². The minimum Gasteiger partial charge on any atom is -0.508 e. The van der Waals surface area contributed by atoms with Gasteiger partial charge in [0.1, 0.15) is 5.75 Å². The van der Waals surface area contributed by atoms with Crippen molar-refractivity contribution in [1.82, 2.24) is 0 Å². The normalized spacial score (nSPS) is 11.0. The van der Waals surface area contributed by atoms with Crippen LogP contribution in [0.4, 0.5) is 11.4 Å². The molecule has 0 bridgehead atoms. The van der Waals surface area contributed by atoms with Gasteiger partial charge in [-0.2, -0.15) is 0 Å². The van der Waals surface area contributed by atoms with Crippen molar-refractivity contribution in [2.24, 2.45) is 0 Å². The molecule has 0 radical (unpaired) electrons. The maximum atomic E-state index is 12.3. The van der Waals surface area contributed by atoms with Crippen LogP contribution >= 0.6 is 11.6 Å². The molecule has 2 rings (SSSR count). The van der Waals surface area contributed by atoms with E-state index in [-0.39, 0.29) is 27.3 Å². The molecular weight excluding hydrogens is 328 g/mol. The first kappa shape index (κ1) is 16.1. The Morgan fingerprint density at radius 1 is 1.18 bits per heavy atom. The van der Waals surface area contributed by atoms with Crippen molar-refractivity contribution in [2.45, 2.75) is 11.8 Å². The molecule has 6 nitrogen and oxygen atoms in total. The van der Waals surface area contributed by atoms with Crippen molar-refractivity contribution in [2.75, 3.05) is 10.0 Å². The second kappa shape index (κ2) is 6.25. The number of anilines is 2. The van der Waals surface area contributed by atoms with E-state index < -0.39 is 10.0 Å². The Labute approximate surface area is 132 Å². The Balaban J connectivity index is 2.30. The van der Waals surface area contributed by atoms with Gasteiger partial charge in [0.05, 0.1) is 21.3 Å². The molecule has 1 amide bonds. The van der Waals surface area contributed by atoms with Crippen molar-refractivity contribution in [3.63, 3.8) is 0 Å². The predicted molar refractivity (Wildman–Crippen MR) is 84.7 cm³/mol. The number of aromatic hydroxyl groups is 1. The summed E-state index contributed by atoms with van der Waals surface area (Å²) in [6, 6.07) is 9.69. The minimum absolute atomic E-state index is 0.0563. The molecule has 0 atom stereocenters. The van der Waals surface area contributed by atoms with Gasteiger partial charge in [0, 0.05) is 13.0 Å². The van der Waals surface area contributed by atoms with Crippen LogP contribution < -0.4 is 10.0 Å². The molecule has 0 aliphatic rings. The van der Waals surface area contributed by atoms with E-state index in [1.807, 2.05) is 0 Å². The number of carbonyl (C=O) groups is 1. The van der Waals surface area contributed by atoms with Crippen LogP contribution in [-0.4, -0.2) is 19.4 Å². The van der Waals surface area contributed by atoms with Gasteiger partial charge in [-0.25, -0.2) is 8.42 Å². The summed E-state index contributed by atoms with van der Waals surface area (Å²) < 4.78 is 26.8. The third-order valence-corrected chi connectivity index (χ3v) is 4.35. The van der Waals surface area contributed by atoms with E-state index in [9.17, 15) is 18.3 Å². The van der Waals surface area contributed by atoms with Crippen molar-refractivity contribution >= 4 is 38.9 Å². The molecule has 0 aliphatic heterocycles. The lowest BCUT2D eigenvalue weighted by Crippen LogP contribution is -2.13. The largest absolute Gasteiger partial charge is 0.508 e. The Morgan fingerprint density at radius 2 is 1.91 bits per heavy atom. The van der Waals surface area contributed by atoms with E-state index in [2.05, 4.69) is 10.0 Å². The van der Waals surface area contributed by atoms with Gasteiger partial charge in [-0.3, -0.25) is 9.52 Å². The maximum absolute atomic E-state index is 12.3. The molecule has 0 aromatic heterocycles. The monoisotopic (exact) mass is 340 g/mol. The fourth-order valence-electron chi connectivity index (χ4n) is 1.74. The molecule has 0 fully saturated rings. The highest BCUT2D eigenvalue weighted by molar-refractivity contribution is 7.92. The first-order valence-corrected chi connectivity index (χ1v) is 8.03. The molecule has 2 aromatic carbocycles. The average Bonchev–Trinajstić information content (AvgIpc) is 2.40. The lowest BCUT2D eigenvalue weighted by molar-refractivity contribution is -0.114. The first-order valence-electron chi connectivity index (χ1n) is 6.17. The van der Waals surface area contributed by atoms with Crippen molar-refractivity contribution in [3.8, 4) is 5.75 Å². The van der Waals surface area contributed by atoms with Gasteiger partial charge in [0.15, 0.2) is 0 Å². The van der Waals surface area contributed by atoms with Crippen LogP contribution in [-0.2, 0) is 14.8 Å². The maximum Gasteiger partial charge on any atom is 0.261 e. The number of amides is 1. The highest BCUT2D eigenvalue weighted by Gasteiger charge is 2.16. The number of hydrogen-bond acceptors (Lipinski definition) is 4. The zero-order chi connectivity index (χ0) is 16.3. The number of halogens is 1. The number of nitrogens with one attached hydrogen (secondary N) is 2. The highest BCUT2D eigenvalue weighted by atomic mass is 35.5. The predicted octanol–water partition coefficient (Wildman–Crippen LogP) is 2.80. The number of rotatable bonds is 4. The molecular formula is C14H13ClN2O4S. The van der Waals surface area contributed by atoms with Gasteiger partial charge in [-0.1, -0.05) is 17.7 Å². The molecule has 3 N–H and O–H groups in total. The SMILES string of the molecule is CC(=O)Nc1ccc(S(=O)(=O)Nc2cccc(O)c2)cc1Cl. The number of hydrogen-bond donors (Lipinski definition) is 3. The smallest absolute Gasteiger partial charge is 0.261 e. The van der Waals surface area contributed by atoms with Crippen molar-refractivity contribution in [1.29, 1.82) is 0 Å². The standard InChI is InChI=1S/C14H13ClN2O4S/c1-9(18)16-14-6-5-12(8-13(14)15)22(20,21)17-10-3-2-4-11(19)7-10/h2-8,17,19H,1H3,(H,16,18). The number of phenolic OH excluding ortho intramolecular Hbond substituents is 1. The van der Waals surface area contributed by atoms with Crippen molar-refractivity contribution in [3.05, 3.63) is 47.5 Å². The fourth-order valence-corrected chi connectivity index (χ4v) is 3.11. The second-order valence-corrected chi connectivity index (χ2v) is 6.57. The molecule has 22 heavy (non-hydrogen) atoms. The molecule has 116 valence electrons. The Kier molecular flexibility index (Phi) is 4.58. The van der Waals surface area contributed by atoms with E-state index in [0.717, 1.165) is 0 Å². The summed E-state index contributed by atoms with van der Waals surface area (Å²) in [5, 5.41) is 11.9. The highest BCUT2D eigenvalue weighted by Crippen LogP contribution is 2.27. The summed E-state index contributed by atoms with van der Waals surface area (Å²) in [6.45, 7) is 1.32. The second-order valence-electron chi connectivity index (χ2n) is 4.48. The van der Waals surface area contributed by atoms with Crippen LogP contribution in [0.5, 0.6) is 5.75 Å². The summed E-state index contributed by atoms with van der Waals surface area (Å²) in [5.74, 6) is -0.366.